The standard InChI is InChI=1S/C12H21F3O3Si/c1-11(2,3)19(4,5)18-10(12(13,14)15)8-6-7-9(16)17-8/h8,10H,6-7H2,1-5H3. The Balaban J connectivity index is 2.91. The molecule has 0 N–H and O–H groups in total. The minimum absolute atomic E-state index is 0.0259. The van der Waals surface area contributed by atoms with Crippen molar-refractivity contribution in [2.45, 2.75) is 70.1 Å². The van der Waals surface area contributed by atoms with Gasteiger partial charge in [0.2, 0.25) is 0 Å². The fourth-order valence-corrected chi connectivity index (χ4v) is 2.88. The fraction of sp³-hybridized carbons (Fsp3) is 0.917. The van der Waals surface area contributed by atoms with E-state index in [-0.39, 0.29) is 17.9 Å². The van der Waals surface area contributed by atoms with Gasteiger partial charge in [0.05, 0.1) is 0 Å². The van der Waals surface area contributed by atoms with Crippen molar-refractivity contribution in [1.82, 2.24) is 0 Å². The maximum Gasteiger partial charge on any atom is 0.417 e. The number of ether oxygens (including phenoxy) is 1. The highest BCUT2D eigenvalue weighted by atomic mass is 28.4. The number of carbonyl (C=O) groups excluding carboxylic acids is 1. The quantitative estimate of drug-likeness (QED) is 0.589. The molecule has 2 unspecified atom stereocenters. The first-order valence-electron chi connectivity index (χ1n) is 6.28. The van der Waals surface area contributed by atoms with Crippen LogP contribution in [0.1, 0.15) is 33.6 Å². The SMILES string of the molecule is CC(C)(C)[Si](C)(C)OC(C1CCC(=O)O1)C(F)(F)F. The van der Waals surface area contributed by atoms with Gasteiger partial charge in [0.1, 0.15) is 6.10 Å². The summed E-state index contributed by atoms with van der Waals surface area (Å²) in [6, 6.07) is 0. The van der Waals surface area contributed by atoms with E-state index in [9.17, 15) is 18.0 Å². The van der Waals surface area contributed by atoms with Crippen LogP contribution < -0.4 is 0 Å². The van der Waals surface area contributed by atoms with E-state index in [1.165, 1.54) is 0 Å². The molecule has 1 rings (SSSR count). The third kappa shape index (κ3) is 3.95. The van der Waals surface area contributed by atoms with E-state index in [1.807, 2.05) is 20.8 Å². The molecule has 0 aromatic carbocycles. The van der Waals surface area contributed by atoms with Crippen molar-refractivity contribution in [2.75, 3.05) is 0 Å². The average molecular weight is 298 g/mol. The van der Waals surface area contributed by atoms with Gasteiger partial charge in [-0.3, -0.25) is 4.79 Å². The molecule has 19 heavy (non-hydrogen) atoms. The van der Waals surface area contributed by atoms with Crippen LogP contribution >= 0.6 is 0 Å². The molecule has 0 bridgehead atoms. The number of rotatable bonds is 3. The Bertz CT molecular complexity index is 347. The summed E-state index contributed by atoms with van der Waals surface area (Å²) in [7, 11) is -2.58. The monoisotopic (exact) mass is 298 g/mol. The van der Waals surface area contributed by atoms with E-state index in [0.717, 1.165) is 0 Å². The topological polar surface area (TPSA) is 35.5 Å². The zero-order chi connectivity index (χ0) is 15.1. The van der Waals surface area contributed by atoms with Crippen LogP contribution in [0.4, 0.5) is 13.2 Å². The summed E-state index contributed by atoms with van der Waals surface area (Å²) in [5.41, 5.74) is 0. The molecule has 0 aliphatic carbocycles. The third-order valence-corrected chi connectivity index (χ3v) is 8.26. The minimum Gasteiger partial charge on any atom is -0.459 e. The summed E-state index contributed by atoms with van der Waals surface area (Å²) in [6.45, 7) is 9.11. The van der Waals surface area contributed by atoms with E-state index >= 15 is 0 Å². The predicted octanol–water partition coefficient (Wildman–Crippen LogP) is 3.64. The van der Waals surface area contributed by atoms with Gasteiger partial charge < -0.3 is 9.16 Å². The van der Waals surface area contributed by atoms with Crippen LogP contribution in [0, 0.1) is 0 Å². The number of esters is 1. The van der Waals surface area contributed by atoms with Gasteiger partial charge in [0, 0.05) is 6.42 Å². The molecular formula is C12H21F3O3Si. The third-order valence-electron chi connectivity index (χ3n) is 3.80. The first-order valence-corrected chi connectivity index (χ1v) is 9.19. The first kappa shape index (κ1) is 16.5. The van der Waals surface area contributed by atoms with Gasteiger partial charge in [-0.2, -0.15) is 13.2 Å². The molecule has 3 nitrogen and oxygen atoms in total. The zero-order valence-electron chi connectivity index (χ0n) is 11.9. The Morgan fingerprint density at radius 3 is 2.16 bits per heavy atom. The van der Waals surface area contributed by atoms with Crippen LogP contribution in [0.15, 0.2) is 0 Å². The molecule has 1 fully saturated rings. The van der Waals surface area contributed by atoms with E-state index in [0.29, 0.717) is 0 Å². The lowest BCUT2D eigenvalue weighted by Crippen LogP contribution is -2.52. The molecule has 0 spiro atoms. The smallest absolute Gasteiger partial charge is 0.417 e. The molecule has 0 aromatic heterocycles. The summed E-state index contributed by atoms with van der Waals surface area (Å²) in [5.74, 6) is -0.585. The minimum atomic E-state index is -4.52. The maximum absolute atomic E-state index is 13.1. The highest BCUT2D eigenvalue weighted by Crippen LogP contribution is 2.41. The zero-order valence-corrected chi connectivity index (χ0v) is 12.9. The number of halogens is 3. The Labute approximate surface area is 112 Å². The second-order valence-corrected chi connectivity index (χ2v) is 11.2. The van der Waals surface area contributed by atoms with Crippen molar-refractivity contribution >= 4 is 14.3 Å². The molecule has 0 radical (unpaired) electrons. The molecular weight excluding hydrogens is 277 g/mol. The van der Waals surface area contributed by atoms with E-state index in [1.54, 1.807) is 13.1 Å². The average Bonchev–Trinajstić information content (AvgIpc) is 2.57. The highest BCUT2D eigenvalue weighted by molar-refractivity contribution is 6.74. The largest absolute Gasteiger partial charge is 0.459 e. The number of cyclic esters (lactones) is 1. The summed E-state index contributed by atoms with van der Waals surface area (Å²) in [4.78, 5) is 11.0. The van der Waals surface area contributed by atoms with Crippen molar-refractivity contribution in [3.8, 4) is 0 Å². The van der Waals surface area contributed by atoms with Crippen LogP contribution in [-0.4, -0.2) is 32.7 Å². The van der Waals surface area contributed by atoms with Crippen LogP contribution in [-0.2, 0) is 14.0 Å². The molecule has 112 valence electrons. The van der Waals surface area contributed by atoms with Crippen molar-refractivity contribution in [3.63, 3.8) is 0 Å². The molecule has 7 heteroatoms. The summed E-state index contributed by atoms with van der Waals surface area (Å²) in [5, 5.41) is -0.334. The Hall–Kier alpha value is -0.563. The summed E-state index contributed by atoms with van der Waals surface area (Å²) < 4.78 is 49.6. The predicted molar refractivity (Wildman–Crippen MR) is 67.2 cm³/mol. The van der Waals surface area contributed by atoms with Crippen molar-refractivity contribution in [1.29, 1.82) is 0 Å². The van der Waals surface area contributed by atoms with Crippen LogP contribution in [0.3, 0.4) is 0 Å². The molecule has 0 saturated carbocycles. The number of carbonyl (C=O) groups is 1. The lowest BCUT2D eigenvalue weighted by molar-refractivity contribution is -0.224. The molecule has 1 heterocycles. The van der Waals surface area contributed by atoms with Crippen molar-refractivity contribution in [2.24, 2.45) is 0 Å². The number of hydrogen-bond acceptors (Lipinski definition) is 3. The van der Waals surface area contributed by atoms with Crippen LogP contribution in [0.5, 0.6) is 0 Å². The van der Waals surface area contributed by atoms with Gasteiger partial charge >= 0.3 is 12.1 Å². The molecule has 1 saturated heterocycles. The van der Waals surface area contributed by atoms with Gasteiger partial charge in [0.25, 0.3) is 0 Å². The van der Waals surface area contributed by atoms with Crippen LogP contribution in [0.25, 0.3) is 0 Å². The highest BCUT2D eigenvalue weighted by Gasteiger charge is 2.53. The second-order valence-electron chi connectivity index (χ2n) is 6.41. The van der Waals surface area contributed by atoms with Crippen LogP contribution in [0.2, 0.25) is 18.1 Å². The van der Waals surface area contributed by atoms with Crippen molar-refractivity contribution in [3.05, 3.63) is 0 Å². The molecule has 0 aromatic rings. The van der Waals surface area contributed by atoms with Gasteiger partial charge in [-0.25, -0.2) is 0 Å². The second kappa shape index (κ2) is 5.09. The lowest BCUT2D eigenvalue weighted by Gasteiger charge is -2.40. The van der Waals surface area contributed by atoms with Gasteiger partial charge in [-0.15, -0.1) is 0 Å². The van der Waals surface area contributed by atoms with E-state index in [4.69, 9.17) is 9.16 Å². The van der Waals surface area contributed by atoms with Gasteiger partial charge in [-0.05, 0) is 24.6 Å². The first-order chi connectivity index (χ1) is 8.34. The Morgan fingerprint density at radius 1 is 1.32 bits per heavy atom. The summed E-state index contributed by atoms with van der Waals surface area (Å²) in [6.07, 6.45) is -7.65. The molecule has 1 aliphatic rings. The maximum atomic E-state index is 13.1. The number of hydrogen-bond donors (Lipinski definition) is 0. The number of alkyl halides is 3. The van der Waals surface area contributed by atoms with Crippen molar-refractivity contribution < 1.29 is 27.1 Å². The van der Waals surface area contributed by atoms with Gasteiger partial charge in [-0.1, -0.05) is 20.8 Å². The molecule has 2 atom stereocenters. The molecule has 1 aliphatic heterocycles. The van der Waals surface area contributed by atoms with Gasteiger partial charge in [0.15, 0.2) is 14.4 Å². The van der Waals surface area contributed by atoms with E-state index in [2.05, 4.69) is 0 Å². The Morgan fingerprint density at radius 2 is 1.84 bits per heavy atom. The summed E-state index contributed by atoms with van der Waals surface area (Å²) >= 11 is 0. The Kier molecular flexibility index (Phi) is 4.41. The lowest BCUT2D eigenvalue weighted by atomic mass is 10.1. The molecule has 0 amide bonds. The normalized spacial score (nSPS) is 23.4. The fourth-order valence-electron chi connectivity index (χ4n) is 1.61. The van der Waals surface area contributed by atoms with E-state index < -0.39 is 32.7 Å².